The molecule has 1 amide bonds. The summed E-state index contributed by atoms with van der Waals surface area (Å²) in [7, 11) is 0. The zero-order valence-corrected chi connectivity index (χ0v) is 14.8. The first-order chi connectivity index (χ1) is 13.3. The van der Waals surface area contributed by atoms with Crippen molar-refractivity contribution in [2.75, 3.05) is 5.32 Å². The van der Waals surface area contributed by atoms with E-state index >= 15 is 0 Å². The van der Waals surface area contributed by atoms with Gasteiger partial charge in [-0.05, 0) is 42.5 Å². The first kappa shape index (κ1) is 18.2. The fraction of sp³-hybridized carbons (Fsp3) is 0.0500. The highest BCUT2D eigenvalue weighted by atomic mass is 35.5. The van der Waals surface area contributed by atoms with Gasteiger partial charge < -0.3 is 5.32 Å². The molecule has 140 valence electrons. The van der Waals surface area contributed by atoms with E-state index in [1.807, 2.05) is 6.07 Å². The van der Waals surface area contributed by atoms with Gasteiger partial charge in [-0.1, -0.05) is 29.8 Å². The lowest BCUT2D eigenvalue weighted by Gasteiger charge is -2.12. The summed E-state index contributed by atoms with van der Waals surface area (Å²) in [6.07, 6.45) is -4.55. The number of carbonyl (C=O) groups is 1. The van der Waals surface area contributed by atoms with Crippen molar-refractivity contribution in [1.29, 1.82) is 0 Å². The number of benzene rings is 3. The molecule has 1 heterocycles. The van der Waals surface area contributed by atoms with E-state index in [-0.39, 0.29) is 16.3 Å². The van der Waals surface area contributed by atoms with Gasteiger partial charge >= 0.3 is 6.18 Å². The molecule has 1 aromatic heterocycles. The molecule has 4 aromatic rings. The van der Waals surface area contributed by atoms with Crippen LogP contribution in [-0.2, 0) is 6.18 Å². The summed E-state index contributed by atoms with van der Waals surface area (Å²) in [5, 5.41) is 2.44. The average molecular weight is 402 g/mol. The fourth-order valence-corrected chi connectivity index (χ4v) is 2.98. The zero-order valence-electron chi connectivity index (χ0n) is 14.1. The van der Waals surface area contributed by atoms with Gasteiger partial charge in [0.2, 0.25) is 0 Å². The molecule has 4 rings (SSSR count). The van der Waals surface area contributed by atoms with E-state index in [2.05, 4.69) is 15.3 Å². The molecule has 0 aliphatic carbocycles. The van der Waals surface area contributed by atoms with Crippen LogP contribution in [0.15, 0.2) is 60.7 Å². The van der Waals surface area contributed by atoms with Crippen LogP contribution >= 0.6 is 11.6 Å². The van der Waals surface area contributed by atoms with Gasteiger partial charge in [0, 0.05) is 0 Å². The molecule has 0 saturated heterocycles. The Morgan fingerprint density at radius 2 is 1.57 bits per heavy atom. The van der Waals surface area contributed by atoms with Gasteiger partial charge in [0.25, 0.3) is 5.91 Å². The number of hydrogen-bond acceptors (Lipinski definition) is 3. The lowest BCUT2D eigenvalue weighted by Crippen LogP contribution is -2.14. The van der Waals surface area contributed by atoms with E-state index in [0.29, 0.717) is 22.1 Å². The second-order valence-electron chi connectivity index (χ2n) is 6.03. The molecule has 4 nitrogen and oxygen atoms in total. The van der Waals surface area contributed by atoms with Gasteiger partial charge in [-0.15, -0.1) is 0 Å². The van der Waals surface area contributed by atoms with Crippen molar-refractivity contribution in [3.63, 3.8) is 0 Å². The smallest absolute Gasteiger partial charge is 0.321 e. The summed E-state index contributed by atoms with van der Waals surface area (Å²) in [5.41, 5.74) is 1.27. The molecule has 3 aromatic carbocycles. The Balaban J connectivity index is 1.77. The topological polar surface area (TPSA) is 54.9 Å². The van der Waals surface area contributed by atoms with Crippen molar-refractivity contribution >= 4 is 45.3 Å². The highest BCUT2D eigenvalue weighted by molar-refractivity contribution is 6.34. The van der Waals surface area contributed by atoms with E-state index in [9.17, 15) is 18.0 Å². The Bertz CT molecular complexity index is 1220. The van der Waals surface area contributed by atoms with Crippen LogP contribution in [0.2, 0.25) is 5.02 Å². The van der Waals surface area contributed by atoms with Crippen molar-refractivity contribution in [1.82, 2.24) is 9.97 Å². The van der Waals surface area contributed by atoms with Crippen LogP contribution in [0.25, 0.3) is 22.1 Å². The molecule has 0 unspecified atom stereocenters. The van der Waals surface area contributed by atoms with E-state index in [1.165, 1.54) is 6.07 Å². The highest BCUT2D eigenvalue weighted by Crippen LogP contribution is 2.34. The minimum atomic E-state index is -4.55. The molecular weight excluding hydrogens is 391 g/mol. The van der Waals surface area contributed by atoms with Gasteiger partial charge in [0.1, 0.15) is 5.52 Å². The molecular formula is C20H11ClF3N3O. The maximum Gasteiger partial charge on any atom is 0.416 e. The first-order valence-corrected chi connectivity index (χ1v) is 8.54. The number of alkyl halides is 3. The number of rotatable bonds is 2. The van der Waals surface area contributed by atoms with Gasteiger partial charge in [-0.2, -0.15) is 13.2 Å². The zero-order chi connectivity index (χ0) is 19.9. The molecule has 28 heavy (non-hydrogen) atoms. The minimum Gasteiger partial charge on any atom is -0.321 e. The predicted octanol–water partition coefficient (Wildman–Crippen LogP) is 5.71. The maximum atomic E-state index is 12.9. The third-order valence-corrected chi connectivity index (χ3v) is 4.49. The lowest BCUT2D eigenvalue weighted by atomic mass is 10.1. The molecule has 0 aliphatic rings. The largest absolute Gasteiger partial charge is 0.416 e. The van der Waals surface area contributed by atoms with Gasteiger partial charge in [-0.25, -0.2) is 9.97 Å². The van der Waals surface area contributed by atoms with Gasteiger partial charge in [-0.3, -0.25) is 4.79 Å². The summed E-state index contributed by atoms with van der Waals surface area (Å²) < 4.78 is 38.8. The Labute approximate surface area is 162 Å². The number of halogens is 4. The predicted molar refractivity (Wildman–Crippen MR) is 101 cm³/mol. The second kappa shape index (κ2) is 6.76. The van der Waals surface area contributed by atoms with Crippen LogP contribution in [0.1, 0.15) is 15.9 Å². The number of para-hydroxylation sites is 3. The number of nitrogens with zero attached hydrogens (tertiary/aromatic N) is 2. The van der Waals surface area contributed by atoms with Crippen molar-refractivity contribution in [3.05, 3.63) is 76.8 Å². The van der Waals surface area contributed by atoms with Crippen LogP contribution in [0.5, 0.6) is 0 Å². The van der Waals surface area contributed by atoms with Crippen LogP contribution in [0.3, 0.4) is 0 Å². The van der Waals surface area contributed by atoms with E-state index in [0.717, 1.165) is 18.2 Å². The second-order valence-corrected chi connectivity index (χ2v) is 6.44. The Hall–Kier alpha value is -3.19. The average Bonchev–Trinajstić information content (AvgIpc) is 2.66. The highest BCUT2D eigenvalue weighted by Gasteiger charge is 2.31. The number of fused-ring (bicyclic) bond motifs is 2. The van der Waals surface area contributed by atoms with Gasteiger partial charge in [0.05, 0.1) is 38.4 Å². The molecule has 0 radical (unpaired) electrons. The molecule has 0 aliphatic heterocycles. The standard InChI is InChI=1S/C20H11ClF3N3O/c21-13-9-8-11(20(22,23)24)10-17(13)27-19(28)12-4-3-7-16-18(12)26-15-6-2-1-5-14(15)25-16/h1-10H,(H,27,28). The molecule has 0 spiro atoms. The summed E-state index contributed by atoms with van der Waals surface area (Å²) in [6, 6.07) is 14.8. The number of anilines is 1. The van der Waals surface area contributed by atoms with Crippen LogP contribution in [0, 0.1) is 0 Å². The van der Waals surface area contributed by atoms with Crippen LogP contribution < -0.4 is 5.32 Å². The Kier molecular flexibility index (Phi) is 4.39. The quantitative estimate of drug-likeness (QED) is 0.438. The number of hydrogen-bond donors (Lipinski definition) is 1. The van der Waals surface area contributed by atoms with Crippen LogP contribution in [0.4, 0.5) is 18.9 Å². The summed E-state index contributed by atoms with van der Waals surface area (Å²) in [6.45, 7) is 0. The van der Waals surface area contributed by atoms with E-state index in [4.69, 9.17) is 11.6 Å². The molecule has 8 heteroatoms. The van der Waals surface area contributed by atoms with E-state index in [1.54, 1.807) is 30.3 Å². The SMILES string of the molecule is O=C(Nc1cc(C(F)(F)F)ccc1Cl)c1cccc2nc3ccccc3nc12. The molecule has 0 saturated carbocycles. The summed E-state index contributed by atoms with van der Waals surface area (Å²) in [4.78, 5) is 21.7. The number of aromatic nitrogens is 2. The maximum absolute atomic E-state index is 12.9. The summed E-state index contributed by atoms with van der Waals surface area (Å²) in [5.74, 6) is -0.628. The van der Waals surface area contributed by atoms with Gasteiger partial charge in [0.15, 0.2) is 0 Å². The normalized spacial score (nSPS) is 11.7. The number of nitrogens with one attached hydrogen (secondary N) is 1. The molecule has 1 N–H and O–H groups in total. The van der Waals surface area contributed by atoms with Crippen molar-refractivity contribution in [2.24, 2.45) is 0 Å². The van der Waals surface area contributed by atoms with E-state index < -0.39 is 17.6 Å². The minimum absolute atomic E-state index is 0.00174. The molecule has 0 bridgehead atoms. The summed E-state index contributed by atoms with van der Waals surface area (Å²) >= 11 is 5.96. The van der Waals surface area contributed by atoms with Crippen molar-refractivity contribution in [2.45, 2.75) is 6.18 Å². The monoisotopic (exact) mass is 401 g/mol. The first-order valence-electron chi connectivity index (χ1n) is 8.16. The Morgan fingerprint density at radius 1 is 0.893 bits per heavy atom. The Morgan fingerprint density at radius 3 is 2.29 bits per heavy atom. The van der Waals surface area contributed by atoms with Crippen molar-refractivity contribution in [3.8, 4) is 0 Å². The third-order valence-electron chi connectivity index (χ3n) is 4.16. The fourth-order valence-electron chi connectivity index (χ4n) is 2.81. The molecule has 0 atom stereocenters. The van der Waals surface area contributed by atoms with Crippen molar-refractivity contribution < 1.29 is 18.0 Å². The third kappa shape index (κ3) is 3.36. The van der Waals surface area contributed by atoms with Crippen LogP contribution in [-0.4, -0.2) is 15.9 Å². The molecule has 0 fully saturated rings. The lowest BCUT2D eigenvalue weighted by molar-refractivity contribution is -0.137. The number of carbonyl (C=O) groups excluding carboxylic acids is 1. The number of amides is 1.